The molecule has 3 nitrogen and oxygen atoms in total. The van der Waals surface area contributed by atoms with Crippen LogP contribution in [-0.4, -0.2) is 17.7 Å². The van der Waals surface area contributed by atoms with Crippen LogP contribution in [0.1, 0.15) is 20.8 Å². The van der Waals surface area contributed by atoms with Crippen molar-refractivity contribution < 1.29 is 14.6 Å². The van der Waals surface area contributed by atoms with Crippen LogP contribution in [0, 0.1) is 12.3 Å². The molecule has 1 atom stereocenters. The Morgan fingerprint density at radius 1 is 1.64 bits per heavy atom. The number of hydrogen-bond donors (Lipinski definition) is 0. The van der Waals surface area contributed by atoms with Gasteiger partial charge in [0.25, 0.3) is 0 Å². The molecule has 0 N–H and O–H groups in total. The molecule has 0 aliphatic heterocycles. The summed E-state index contributed by atoms with van der Waals surface area (Å²) in [6.07, 6.45) is 3.65. The van der Waals surface area contributed by atoms with Crippen LogP contribution in [0.4, 0.5) is 0 Å². The largest absolute Gasteiger partial charge is 0.444 e. The van der Waals surface area contributed by atoms with Crippen molar-refractivity contribution in [2.45, 2.75) is 32.5 Å². The van der Waals surface area contributed by atoms with Crippen molar-refractivity contribution in [1.29, 1.82) is 0 Å². The molecule has 1 unspecified atom stereocenters. The first-order valence-electron chi connectivity index (χ1n) is 3.25. The maximum Gasteiger partial charge on any atom is 0.339 e. The van der Waals surface area contributed by atoms with Crippen LogP contribution in [0.15, 0.2) is 0 Å². The van der Waals surface area contributed by atoms with Gasteiger partial charge in [0, 0.05) is 0 Å². The van der Waals surface area contributed by atoms with Gasteiger partial charge >= 0.3 is 5.97 Å². The van der Waals surface area contributed by atoms with Crippen molar-refractivity contribution in [1.82, 2.24) is 0 Å². The zero-order chi connectivity index (χ0) is 9.07. The lowest BCUT2D eigenvalue weighted by atomic mass is 10.1. The van der Waals surface area contributed by atoms with Gasteiger partial charge in [0.05, 0.1) is 0 Å². The summed E-state index contributed by atoms with van der Waals surface area (Å²) < 4.78 is 4.66. The van der Waals surface area contributed by atoms with E-state index in [-0.39, 0.29) is 0 Å². The fourth-order valence-electron chi connectivity index (χ4n) is 0.364. The molecule has 0 bridgehead atoms. The van der Waals surface area contributed by atoms with Gasteiger partial charge < -0.3 is 4.74 Å². The van der Waals surface area contributed by atoms with E-state index < -0.39 is 17.7 Å². The van der Waals surface area contributed by atoms with E-state index in [0.29, 0.717) is 0 Å². The molecular weight excluding hydrogens is 144 g/mol. The molecule has 0 aliphatic rings. The molecule has 0 heterocycles. The van der Waals surface area contributed by atoms with Gasteiger partial charge in [-0.25, -0.2) is 9.90 Å². The zero-order valence-electron chi connectivity index (χ0n) is 6.88. The van der Waals surface area contributed by atoms with Crippen LogP contribution in [0.2, 0.25) is 0 Å². The second-order valence-electron chi connectivity index (χ2n) is 2.72. The number of terminal acetylenes is 1. The van der Waals surface area contributed by atoms with Crippen molar-refractivity contribution in [2.75, 3.05) is 0 Å². The predicted molar refractivity (Wildman–Crippen MR) is 39.2 cm³/mol. The van der Waals surface area contributed by atoms with E-state index in [1.807, 2.05) is 0 Å². The highest BCUT2D eigenvalue weighted by Crippen LogP contribution is 2.08. The van der Waals surface area contributed by atoms with Crippen LogP contribution < -0.4 is 0 Å². The molecule has 0 aromatic rings. The van der Waals surface area contributed by atoms with Crippen molar-refractivity contribution in [3.05, 3.63) is 0 Å². The normalized spacial score (nSPS) is 13.4. The molecule has 0 fully saturated rings. The molecule has 61 valence electrons. The van der Waals surface area contributed by atoms with E-state index in [4.69, 9.17) is 6.42 Å². The average molecular weight is 155 g/mol. The Bertz CT molecular complexity index is 186. The Labute approximate surface area is 66.4 Å². The van der Waals surface area contributed by atoms with E-state index in [0.717, 1.165) is 0 Å². The first-order chi connectivity index (χ1) is 4.89. The summed E-state index contributed by atoms with van der Waals surface area (Å²) >= 11 is 0. The summed E-state index contributed by atoms with van der Waals surface area (Å²) in [6.45, 7) is 4.31. The molecular formula is C8H11O3. The van der Waals surface area contributed by atoms with Crippen LogP contribution >= 0.6 is 0 Å². The Balaban J connectivity index is 4.08. The molecule has 3 heteroatoms. The Kier molecular flexibility index (Phi) is 3.09. The molecule has 0 rings (SSSR count). The molecule has 1 radical (unpaired) electrons. The maximum atomic E-state index is 10.7. The Hall–Kier alpha value is -1.01. The molecule has 11 heavy (non-hydrogen) atoms. The third-order valence-electron chi connectivity index (χ3n) is 1.04. The average Bonchev–Trinajstić information content (AvgIpc) is 1.87. The van der Waals surface area contributed by atoms with E-state index in [1.165, 1.54) is 6.92 Å². The molecule has 0 aromatic heterocycles. The maximum absolute atomic E-state index is 10.7. The summed E-state index contributed by atoms with van der Waals surface area (Å²) in [7, 11) is 0. The van der Waals surface area contributed by atoms with Gasteiger partial charge in [0.2, 0.25) is 0 Å². The lowest BCUT2D eigenvalue weighted by molar-refractivity contribution is -0.164. The molecule has 0 spiro atoms. The topological polar surface area (TPSA) is 46.2 Å². The minimum absolute atomic E-state index is 0.812. The second-order valence-corrected chi connectivity index (χ2v) is 2.72. The summed E-state index contributed by atoms with van der Waals surface area (Å²) in [5.41, 5.74) is -0.976. The fraction of sp³-hybridized carbons (Fsp3) is 0.625. The van der Waals surface area contributed by atoms with E-state index >= 15 is 0 Å². The highest BCUT2D eigenvalue weighted by atomic mass is 16.6. The third-order valence-corrected chi connectivity index (χ3v) is 1.04. The molecule has 0 aliphatic carbocycles. The van der Waals surface area contributed by atoms with Crippen LogP contribution in [0.5, 0.6) is 0 Å². The van der Waals surface area contributed by atoms with E-state index in [2.05, 4.69) is 10.7 Å². The SMILES string of the molecule is C#CC(C)(C)OC(=O)C(C)[O]. The van der Waals surface area contributed by atoms with Gasteiger partial charge in [-0.05, 0) is 20.8 Å². The van der Waals surface area contributed by atoms with Crippen molar-refractivity contribution in [2.24, 2.45) is 0 Å². The minimum Gasteiger partial charge on any atom is -0.444 e. The summed E-state index contributed by atoms with van der Waals surface area (Å²) in [5, 5.41) is 10.5. The number of carbonyl (C=O) groups excluding carboxylic acids is 1. The summed E-state index contributed by atoms with van der Waals surface area (Å²) in [6, 6.07) is 0. The highest BCUT2D eigenvalue weighted by Gasteiger charge is 2.22. The third kappa shape index (κ3) is 3.64. The van der Waals surface area contributed by atoms with Crippen molar-refractivity contribution in [3.63, 3.8) is 0 Å². The first kappa shape index (κ1) is 9.99. The van der Waals surface area contributed by atoms with Crippen molar-refractivity contribution in [3.8, 4) is 12.3 Å². The lowest BCUT2D eigenvalue weighted by Crippen LogP contribution is -2.30. The van der Waals surface area contributed by atoms with Gasteiger partial charge in [0.15, 0.2) is 11.7 Å². The quantitative estimate of drug-likeness (QED) is 0.436. The standard InChI is InChI=1S/C8H11O3/c1-5-8(3,4)11-7(10)6(2)9/h1,6H,2-4H3. The van der Waals surface area contributed by atoms with Crippen molar-refractivity contribution >= 4 is 5.97 Å². The number of esters is 1. The fourth-order valence-corrected chi connectivity index (χ4v) is 0.364. The minimum atomic E-state index is -1.37. The van der Waals surface area contributed by atoms with E-state index in [1.54, 1.807) is 13.8 Å². The molecule has 0 saturated carbocycles. The number of hydrogen-bond acceptors (Lipinski definition) is 2. The number of ether oxygens (including phenoxy) is 1. The number of rotatable bonds is 2. The number of carbonyl (C=O) groups is 1. The monoisotopic (exact) mass is 155 g/mol. The van der Waals surface area contributed by atoms with E-state index in [9.17, 15) is 9.90 Å². The molecule has 0 aromatic carbocycles. The summed E-state index contributed by atoms with van der Waals surface area (Å²) in [5.74, 6) is 1.43. The lowest BCUT2D eigenvalue weighted by Gasteiger charge is -2.18. The van der Waals surface area contributed by atoms with Gasteiger partial charge in [-0.2, -0.15) is 0 Å². The highest BCUT2D eigenvalue weighted by molar-refractivity contribution is 5.74. The van der Waals surface area contributed by atoms with Crippen LogP contribution in [0.25, 0.3) is 0 Å². The van der Waals surface area contributed by atoms with Gasteiger partial charge in [-0.1, -0.05) is 5.92 Å². The summed E-state index contributed by atoms with van der Waals surface area (Å²) in [4.78, 5) is 10.7. The predicted octanol–water partition coefficient (Wildman–Crippen LogP) is 0.760. The first-order valence-corrected chi connectivity index (χ1v) is 3.25. The van der Waals surface area contributed by atoms with Crippen LogP contribution in [0.3, 0.4) is 0 Å². The van der Waals surface area contributed by atoms with Crippen LogP contribution in [-0.2, 0) is 14.6 Å². The Morgan fingerprint density at radius 3 is 2.36 bits per heavy atom. The molecule has 0 saturated heterocycles. The second kappa shape index (κ2) is 3.40. The van der Waals surface area contributed by atoms with Gasteiger partial charge in [0.1, 0.15) is 0 Å². The van der Waals surface area contributed by atoms with Gasteiger partial charge in [-0.15, -0.1) is 6.42 Å². The molecule has 0 amide bonds. The Morgan fingerprint density at radius 2 is 2.09 bits per heavy atom. The smallest absolute Gasteiger partial charge is 0.339 e. The van der Waals surface area contributed by atoms with Gasteiger partial charge in [-0.3, -0.25) is 0 Å². The zero-order valence-corrected chi connectivity index (χ0v) is 6.88.